The first-order valence-electron chi connectivity index (χ1n) is 24.8. The predicted octanol–water partition coefficient (Wildman–Crippen LogP) is 3.97. The van der Waals surface area contributed by atoms with Crippen LogP contribution in [0.25, 0.3) is 6.08 Å². The van der Waals surface area contributed by atoms with Crippen molar-refractivity contribution in [2.75, 3.05) is 36.8 Å². The van der Waals surface area contributed by atoms with Gasteiger partial charge in [-0.2, -0.15) is 0 Å². The molecule has 0 bridgehead atoms. The Morgan fingerprint density at radius 3 is 2.31 bits per heavy atom. The van der Waals surface area contributed by atoms with Crippen LogP contribution < -0.4 is 43.4 Å². The third kappa shape index (κ3) is 16.0. The highest BCUT2D eigenvalue weighted by atomic mass is 19.1. The van der Waals surface area contributed by atoms with Gasteiger partial charge >= 0.3 is 12.1 Å². The zero-order chi connectivity index (χ0) is 54.2. The standard InChI is InChI=1S/C52H63FN12O10/c1-4-18-56-47(69)33-22-32-24-38(53)37(26-41(32)61-42(54)25-33)48(70)60-36-23-34-28-64(21-17-39(34)58-27-36)52(74)75-29-31-11-13-35(14-12-31)59-49(71)40(9-8-19-57-51(55)73)62-50(72)46(30(2)3)63-43(66)10-6-5-7-20-65-44(67)15-16-45(65)68/h11-16,22-24,26-27,30,40,46H,4-10,17-21,25,28-29H2,1-3H3,(H2,54,61)(H,56,69)(H,59,71)(H,60,70)(H,62,72)(H,63,66)(H3,55,57,73). The average Bonchev–Trinajstić information content (AvgIpc) is 3.59. The van der Waals surface area contributed by atoms with Gasteiger partial charge in [0.2, 0.25) is 23.6 Å². The van der Waals surface area contributed by atoms with Crippen molar-refractivity contribution in [1.82, 2.24) is 36.1 Å². The van der Waals surface area contributed by atoms with Gasteiger partial charge in [0.1, 0.15) is 30.3 Å². The molecule has 0 fully saturated rings. The van der Waals surface area contributed by atoms with Gasteiger partial charge < -0.3 is 53.0 Å². The van der Waals surface area contributed by atoms with Gasteiger partial charge in [-0.25, -0.2) is 19.0 Å². The van der Waals surface area contributed by atoms with Crippen molar-refractivity contribution in [2.24, 2.45) is 22.4 Å². The maximum atomic E-state index is 15.4. The molecule has 1 aromatic heterocycles. The van der Waals surface area contributed by atoms with Gasteiger partial charge in [-0.05, 0) is 85.6 Å². The quantitative estimate of drug-likeness (QED) is 0.0494. The zero-order valence-electron chi connectivity index (χ0n) is 42.1. The van der Waals surface area contributed by atoms with Gasteiger partial charge in [0.15, 0.2) is 0 Å². The van der Waals surface area contributed by atoms with Crippen LogP contribution in [0.5, 0.6) is 0 Å². The van der Waals surface area contributed by atoms with E-state index in [4.69, 9.17) is 16.2 Å². The zero-order valence-corrected chi connectivity index (χ0v) is 42.1. The molecule has 6 rings (SSSR count). The van der Waals surface area contributed by atoms with Crippen molar-refractivity contribution in [3.8, 4) is 0 Å². The summed E-state index contributed by atoms with van der Waals surface area (Å²) in [7, 11) is 0. The molecule has 75 heavy (non-hydrogen) atoms. The summed E-state index contributed by atoms with van der Waals surface area (Å²) in [6.45, 7) is 6.58. The number of amidine groups is 1. The molecule has 10 amide bonds. The van der Waals surface area contributed by atoms with Gasteiger partial charge in [0, 0.05) is 80.1 Å². The first-order chi connectivity index (χ1) is 35.9. The Balaban J connectivity index is 0.993. The maximum absolute atomic E-state index is 15.4. The molecular weight excluding hydrogens is 972 g/mol. The highest BCUT2D eigenvalue weighted by Gasteiger charge is 2.30. The molecule has 3 aliphatic rings. The van der Waals surface area contributed by atoms with Gasteiger partial charge in [-0.1, -0.05) is 39.3 Å². The lowest BCUT2D eigenvalue weighted by Gasteiger charge is -2.28. The number of hydrogen-bond donors (Lipinski definition) is 8. The maximum Gasteiger partial charge on any atom is 0.410 e. The number of fused-ring (bicyclic) bond motifs is 2. The number of urea groups is 1. The first kappa shape index (κ1) is 55.8. The summed E-state index contributed by atoms with van der Waals surface area (Å²) in [4.78, 5) is 126. The number of pyridine rings is 1. The monoisotopic (exact) mass is 1030 g/mol. The van der Waals surface area contributed by atoms with Crippen molar-refractivity contribution < 1.29 is 52.3 Å². The van der Waals surface area contributed by atoms with Crippen LogP contribution in [0.4, 0.5) is 31.0 Å². The second-order valence-electron chi connectivity index (χ2n) is 18.5. The van der Waals surface area contributed by atoms with E-state index < -0.39 is 47.7 Å². The Morgan fingerprint density at radius 1 is 0.853 bits per heavy atom. The molecule has 0 saturated carbocycles. The summed E-state index contributed by atoms with van der Waals surface area (Å²) in [5.74, 6) is -4.43. The van der Waals surface area contributed by atoms with Crippen LogP contribution in [0.15, 0.2) is 71.4 Å². The molecule has 22 nitrogen and oxygen atoms in total. The molecule has 10 N–H and O–H groups in total. The molecule has 0 spiro atoms. The highest BCUT2D eigenvalue weighted by Crippen LogP contribution is 2.30. The van der Waals surface area contributed by atoms with Crippen molar-refractivity contribution in [2.45, 2.75) is 104 Å². The van der Waals surface area contributed by atoms with E-state index in [1.165, 1.54) is 35.4 Å². The Labute approximate surface area is 432 Å². The second-order valence-corrected chi connectivity index (χ2v) is 18.5. The van der Waals surface area contributed by atoms with Crippen molar-refractivity contribution >= 4 is 82.4 Å². The van der Waals surface area contributed by atoms with E-state index in [9.17, 15) is 43.2 Å². The van der Waals surface area contributed by atoms with E-state index in [0.29, 0.717) is 72.4 Å². The second kappa shape index (κ2) is 26.5. The van der Waals surface area contributed by atoms with Crippen LogP contribution in [0, 0.1) is 11.7 Å². The number of nitrogens with one attached hydrogen (secondary N) is 6. The van der Waals surface area contributed by atoms with Gasteiger partial charge in [-0.15, -0.1) is 0 Å². The van der Waals surface area contributed by atoms with E-state index >= 15 is 4.39 Å². The number of primary amides is 1. The number of aliphatic imine (C=N–C) groups is 1. The number of unbranched alkanes of at least 4 members (excludes halogenated alkanes) is 2. The number of imide groups is 1. The number of ether oxygens (including phenoxy) is 1. The average molecular weight is 1040 g/mol. The first-order valence-corrected chi connectivity index (χ1v) is 24.8. The number of hydrogen-bond acceptors (Lipinski definition) is 13. The lowest BCUT2D eigenvalue weighted by molar-refractivity contribution is -0.137. The lowest BCUT2D eigenvalue weighted by Crippen LogP contribution is -2.54. The topological polar surface area (TPSA) is 319 Å². The van der Waals surface area contributed by atoms with Crippen LogP contribution in [-0.4, -0.2) is 112 Å². The van der Waals surface area contributed by atoms with Crippen LogP contribution in [0.1, 0.15) is 105 Å². The van der Waals surface area contributed by atoms with Crippen molar-refractivity contribution in [3.05, 3.63) is 100 Å². The molecule has 23 heteroatoms. The summed E-state index contributed by atoms with van der Waals surface area (Å²) >= 11 is 0. The van der Waals surface area contributed by atoms with E-state index in [0.717, 1.165) is 17.4 Å². The molecule has 398 valence electrons. The molecule has 3 aromatic rings. The number of aromatic nitrogens is 1. The summed E-state index contributed by atoms with van der Waals surface area (Å²) in [5, 5.41) is 16.2. The minimum atomic E-state index is -1.08. The van der Waals surface area contributed by atoms with Gasteiger partial charge in [0.25, 0.3) is 17.7 Å². The third-order valence-electron chi connectivity index (χ3n) is 12.3. The highest BCUT2D eigenvalue weighted by molar-refractivity contribution is 6.13. The predicted molar refractivity (Wildman–Crippen MR) is 275 cm³/mol. The number of benzene rings is 2. The lowest BCUT2D eigenvalue weighted by atomic mass is 10.0. The Bertz CT molecular complexity index is 2760. The van der Waals surface area contributed by atoms with E-state index in [-0.39, 0.29) is 104 Å². The fraction of sp³-hybridized carbons (Fsp3) is 0.404. The molecular formula is C52H63FN12O10. The molecule has 3 aliphatic heterocycles. The minimum Gasteiger partial charge on any atom is -0.445 e. The number of carbonyl (C=O) groups is 9. The number of rotatable bonds is 23. The molecule has 4 heterocycles. The van der Waals surface area contributed by atoms with E-state index in [2.05, 4.69) is 41.9 Å². The summed E-state index contributed by atoms with van der Waals surface area (Å²) in [6.07, 6.45) is 7.99. The molecule has 2 unspecified atom stereocenters. The molecule has 0 aliphatic carbocycles. The Morgan fingerprint density at radius 2 is 1.60 bits per heavy atom. The Hall–Kier alpha value is -8.50. The summed E-state index contributed by atoms with van der Waals surface area (Å²) in [5.41, 5.74) is 14.4. The summed E-state index contributed by atoms with van der Waals surface area (Å²) < 4.78 is 21.1. The summed E-state index contributed by atoms with van der Waals surface area (Å²) in [6, 6.07) is 7.76. The Kier molecular flexibility index (Phi) is 19.7. The fourth-order valence-electron chi connectivity index (χ4n) is 8.30. The molecule has 2 atom stereocenters. The van der Waals surface area contributed by atoms with Crippen LogP contribution in [-0.2, 0) is 53.1 Å². The number of anilines is 2. The van der Waals surface area contributed by atoms with E-state index in [1.807, 2.05) is 6.92 Å². The van der Waals surface area contributed by atoms with Gasteiger partial charge in [0.05, 0.1) is 29.7 Å². The SMILES string of the molecule is CCCNC(=O)C1=Cc2cc(F)c(C(=O)Nc3cnc4c(c3)CN(C(=O)OCc3ccc(NC(=O)C(CCCNC(N)=O)NC(=O)C(NC(=O)CCCCCN5C(=O)C=CC5=O)C(C)C)cc3)CC4)cc2N=C(N)C1. The largest absolute Gasteiger partial charge is 0.445 e. The molecule has 0 radical (unpaired) electrons. The van der Waals surface area contributed by atoms with Crippen molar-refractivity contribution in [1.29, 1.82) is 0 Å². The van der Waals surface area contributed by atoms with Crippen LogP contribution in [0.3, 0.4) is 0 Å². The van der Waals surface area contributed by atoms with Gasteiger partial charge in [-0.3, -0.25) is 43.4 Å². The van der Waals surface area contributed by atoms with Crippen LogP contribution in [0.2, 0.25) is 0 Å². The normalized spacial score (nSPS) is 14.6. The smallest absolute Gasteiger partial charge is 0.410 e. The van der Waals surface area contributed by atoms with Crippen molar-refractivity contribution in [3.63, 3.8) is 0 Å². The van der Waals surface area contributed by atoms with Crippen LogP contribution >= 0.6 is 0 Å². The third-order valence-corrected chi connectivity index (χ3v) is 12.3. The number of amides is 10. The number of halogens is 1. The number of nitrogens with two attached hydrogens (primary N) is 2. The van der Waals surface area contributed by atoms with E-state index in [1.54, 1.807) is 44.2 Å². The molecule has 0 saturated heterocycles. The minimum absolute atomic E-state index is 0.0502. The molecule has 2 aromatic carbocycles. The number of nitrogens with zero attached hydrogens (tertiary/aromatic N) is 4. The fourth-order valence-corrected chi connectivity index (χ4v) is 8.30. The number of carbonyl (C=O) groups excluding carboxylic acids is 9.